The summed E-state index contributed by atoms with van der Waals surface area (Å²) in [5.41, 5.74) is 0.524. The van der Waals surface area contributed by atoms with E-state index in [4.69, 9.17) is 90.0 Å². The number of nitrogens with one attached hydrogen (secondary N) is 5. The largest absolute Gasteiger partial charge is 0.497 e. The summed E-state index contributed by atoms with van der Waals surface area (Å²) in [5.74, 6) is -10.7. The lowest BCUT2D eigenvalue weighted by atomic mass is 9.80. The fourth-order valence-corrected chi connectivity index (χ4v) is 16.4. The first kappa shape index (κ1) is 121. The Morgan fingerprint density at radius 3 is 1.08 bits per heavy atom. The Labute approximate surface area is 842 Å². The van der Waals surface area contributed by atoms with Gasteiger partial charge in [0.25, 0.3) is 0 Å². The number of carbonyl (C=O) groups is 19. The van der Waals surface area contributed by atoms with Crippen LogP contribution in [0.2, 0.25) is 0 Å². The summed E-state index contributed by atoms with van der Waals surface area (Å²) in [6.45, 7) is 12.7. The molecule has 0 radical (unpaired) electrons. The molecule has 3 aromatic rings. The Kier molecular flexibility index (Phi) is 53.0. The second-order valence-electron chi connectivity index (χ2n) is 34.9. The summed E-state index contributed by atoms with van der Waals surface area (Å²) in [6, 6.07) is 19.9. The number of ketones is 2. The van der Waals surface area contributed by atoms with Gasteiger partial charge in [-0.15, -0.1) is 0 Å². The van der Waals surface area contributed by atoms with Crippen molar-refractivity contribution in [2.75, 3.05) is 99.7 Å². The van der Waals surface area contributed by atoms with Gasteiger partial charge in [0.2, 0.25) is 41.4 Å². The van der Waals surface area contributed by atoms with Crippen molar-refractivity contribution in [3.8, 4) is 11.5 Å². The number of rotatable bonds is 63. The van der Waals surface area contributed by atoms with E-state index >= 15 is 0 Å². The summed E-state index contributed by atoms with van der Waals surface area (Å²) >= 11 is 0. The second-order valence-corrected chi connectivity index (χ2v) is 34.9. The summed E-state index contributed by atoms with van der Waals surface area (Å²) in [6.07, 6.45) is -16.2. The van der Waals surface area contributed by atoms with E-state index in [1.54, 1.807) is 29.2 Å². The number of Topliss-reactive ketones (excluding diaryl/α,β-unsaturated/α-hetero) is 2. The maximum atomic E-state index is 14.9. The summed E-state index contributed by atoms with van der Waals surface area (Å²) in [4.78, 5) is 248. The number of ether oxygens (including phenoxy) is 19. The SMILES string of the molecule is COc1ccc(C(OCC(CNC(=O)CCC(=O)N(CCCNC(=O)CCCCO[C@@H]2OC(COC(C)=O)[C@H](OC(C)=O)[C@H](OC(C)=O)C2NC(C)=O)CCCN(CCCCC(=O)CCCCO[C@@H]2OC(COC(C)=O)[C@H](OC(C)=O)[C@H](OC(C)=O)C2NC(C)=O)C(=O)CCCCO[C@@H]2OC(COC(C)=O)[C@H](OC(C)=O)[C@H](OC(C)=O)C2NC(C)=O)OC(=O)CCC(C)=O)(c2ccccc2)c2ccc(OC)cc2)cc1. The van der Waals surface area contributed by atoms with Crippen molar-refractivity contribution < 1.29 is 181 Å². The van der Waals surface area contributed by atoms with E-state index < -0.39 is 225 Å². The Morgan fingerprint density at radius 2 is 0.703 bits per heavy atom. The monoisotopic (exact) mass is 2050 g/mol. The van der Waals surface area contributed by atoms with Crippen molar-refractivity contribution in [3.05, 3.63) is 95.6 Å². The van der Waals surface area contributed by atoms with Crippen molar-refractivity contribution in [3.63, 3.8) is 0 Å². The minimum absolute atomic E-state index is 0.00259. The fourth-order valence-electron chi connectivity index (χ4n) is 16.4. The molecule has 0 spiro atoms. The van der Waals surface area contributed by atoms with Crippen LogP contribution in [0.1, 0.15) is 222 Å². The molecule has 7 amide bonds. The molecule has 16 atom stereocenters. The highest BCUT2D eigenvalue weighted by atomic mass is 16.7. The molecule has 45 heteroatoms. The number of hydrogen-bond acceptors (Lipinski definition) is 38. The lowest BCUT2D eigenvalue weighted by molar-refractivity contribution is -0.277. The van der Waals surface area contributed by atoms with Crippen LogP contribution in [0.4, 0.5) is 0 Å². The maximum absolute atomic E-state index is 14.9. The zero-order valence-corrected chi connectivity index (χ0v) is 85.1. The van der Waals surface area contributed by atoms with Gasteiger partial charge in [-0.3, -0.25) is 86.3 Å². The minimum atomic E-state index is -1.42. The molecule has 3 aliphatic rings. The molecule has 45 nitrogen and oxygen atoms in total. The van der Waals surface area contributed by atoms with Gasteiger partial charge in [0, 0.05) is 181 Å². The number of esters is 10. The first-order valence-corrected chi connectivity index (χ1v) is 48.3. The maximum Gasteiger partial charge on any atom is 0.306 e. The molecule has 0 aromatic heterocycles. The molecule has 6 rings (SSSR count). The molecule has 3 fully saturated rings. The Morgan fingerprint density at radius 1 is 0.352 bits per heavy atom. The number of hydrogen-bond donors (Lipinski definition) is 5. The van der Waals surface area contributed by atoms with Gasteiger partial charge < -0.3 is 131 Å². The Hall–Kier alpha value is -12.7. The Balaban J connectivity index is 1.24. The number of amides is 7. The highest BCUT2D eigenvalue weighted by Gasteiger charge is 2.55. The molecule has 0 aliphatic carbocycles. The van der Waals surface area contributed by atoms with Crippen molar-refractivity contribution in [2.24, 2.45) is 0 Å². The second kappa shape index (κ2) is 63.6. The third-order valence-corrected chi connectivity index (χ3v) is 22.8. The molecule has 7 unspecified atom stereocenters. The zero-order chi connectivity index (χ0) is 107. The van der Waals surface area contributed by atoms with Crippen LogP contribution in [0.25, 0.3) is 0 Å². The summed E-state index contributed by atoms with van der Waals surface area (Å²) in [7, 11) is 3.06. The molecule has 0 saturated carbocycles. The van der Waals surface area contributed by atoms with Gasteiger partial charge in [-0.25, -0.2) is 0 Å². The molecule has 3 heterocycles. The van der Waals surface area contributed by atoms with Gasteiger partial charge in [0.1, 0.15) is 91.0 Å². The molecule has 3 aromatic carbocycles. The first-order chi connectivity index (χ1) is 69.0. The van der Waals surface area contributed by atoms with Gasteiger partial charge >= 0.3 is 59.7 Å². The van der Waals surface area contributed by atoms with Gasteiger partial charge in [-0.2, -0.15) is 0 Å². The quantitative estimate of drug-likeness (QED) is 0.0214. The highest BCUT2D eigenvalue weighted by Crippen LogP contribution is 2.43. The summed E-state index contributed by atoms with van der Waals surface area (Å²) < 4.78 is 110. The van der Waals surface area contributed by atoms with Crippen molar-refractivity contribution in [1.29, 1.82) is 0 Å². The van der Waals surface area contributed by atoms with Crippen molar-refractivity contribution in [1.82, 2.24) is 36.4 Å². The van der Waals surface area contributed by atoms with Gasteiger partial charge in [-0.1, -0.05) is 54.6 Å². The van der Waals surface area contributed by atoms with Gasteiger partial charge in [-0.05, 0) is 112 Å². The van der Waals surface area contributed by atoms with Crippen LogP contribution in [0.3, 0.4) is 0 Å². The van der Waals surface area contributed by atoms with E-state index in [2.05, 4.69) is 26.6 Å². The van der Waals surface area contributed by atoms with Gasteiger partial charge in [0.05, 0.1) is 33.8 Å². The normalized spacial score (nSPS) is 20.7. The molecular formula is C100H141N7O38. The van der Waals surface area contributed by atoms with E-state index in [-0.39, 0.29) is 173 Å². The topological polar surface area (TPSA) is 566 Å². The number of carbonyl (C=O) groups excluding carboxylic acids is 19. The van der Waals surface area contributed by atoms with Crippen molar-refractivity contribution >= 4 is 113 Å². The van der Waals surface area contributed by atoms with Crippen LogP contribution in [0, 0.1) is 0 Å². The molecule has 3 aliphatic heterocycles. The lowest BCUT2D eigenvalue weighted by Crippen LogP contribution is -2.66. The highest BCUT2D eigenvalue weighted by molar-refractivity contribution is 5.85. The predicted molar refractivity (Wildman–Crippen MR) is 506 cm³/mol. The van der Waals surface area contributed by atoms with Crippen LogP contribution in [0.5, 0.6) is 11.5 Å². The average Bonchev–Trinajstić information content (AvgIpc) is 0.750. The number of methoxy groups -OCH3 is 2. The number of nitrogens with zero attached hydrogens (tertiary/aromatic N) is 2. The van der Waals surface area contributed by atoms with E-state index in [1.807, 2.05) is 54.6 Å². The first-order valence-electron chi connectivity index (χ1n) is 48.3. The van der Waals surface area contributed by atoms with E-state index in [9.17, 15) is 91.1 Å². The van der Waals surface area contributed by atoms with Crippen LogP contribution >= 0.6 is 0 Å². The van der Waals surface area contributed by atoms with E-state index in [0.29, 0.717) is 47.5 Å². The van der Waals surface area contributed by atoms with Crippen LogP contribution < -0.4 is 36.1 Å². The molecule has 3 saturated heterocycles. The van der Waals surface area contributed by atoms with Gasteiger partial charge in [0.15, 0.2) is 55.5 Å². The molecular weight excluding hydrogens is 1910 g/mol. The lowest BCUT2D eigenvalue weighted by Gasteiger charge is -2.44. The number of unbranched alkanes of at least 4 members (excludes halogenated alkanes) is 4. The molecule has 5 N–H and O–H groups in total. The Bertz CT molecular complexity index is 4710. The average molecular weight is 2050 g/mol. The van der Waals surface area contributed by atoms with Crippen LogP contribution in [-0.2, 0) is 177 Å². The standard InChI is InChI=1S/C100H141N7O38/c1-60(108)35-46-87(126)142-79(56-135-100(73-29-17-16-18-30-73,74-36-40-77(127-14)41-37-74)75-38-42-78(128-15)43-39-75)55-102-84(123)44-45-86(125)107(49-27-47-101-83(122)33-21-25-53-130-98-89(104-62(3)110)95(140-71(12)119)92(137-68(9)116)81(144-98)58-133-65(6)113)51-28-50-106(85(124)34-22-26-54-131-99-90(105-63(4)111)96(141-72(13)120)93(138-69(10)117)82(145-99)59-134-66(7)114)48-23-19-31-76(121)32-20-24-52-129-97-88(103-61(2)109)94(139-70(11)118)91(136-67(8)115)80(143-97)57-132-64(5)112/h16-18,29-30,36-43,79-82,88-99H,19-28,31-35,44-59H2,1-15H3,(H,101,122)(H,102,123)(H,103,109)(H,104,110)(H,105,111)/t79?,80?,81?,82?,88?,89?,90?,91-,92-,93-,94+,95+,96+,97+,98+,99+/m0/s1. The van der Waals surface area contributed by atoms with Crippen molar-refractivity contribution in [2.45, 2.75) is 309 Å². The van der Waals surface area contributed by atoms with Crippen LogP contribution in [-0.4, -0.2) is 320 Å². The third-order valence-electron chi connectivity index (χ3n) is 22.8. The smallest absolute Gasteiger partial charge is 0.306 e. The minimum Gasteiger partial charge on any atom is -0.497 e. The molecule has 145 heavy (non-hydrogen) atoms. The molecule has 0 bridgehead atoms. The van der Waals surface area contributed by atoms with E-state index in [0.717, 1.165) is 62.3 Å². The van der Waals surface area contributed by atoms with E-state index in [1.165, 1.54) is 46.8 Å². The van der Waals surface area contributed by atoms with Crippen LogP contribution in [0.15, 0.2) is 78.9 Å². The number of benzene rings is 3. The summed E-state index contributed by atoms with van der Waals surface area (Å²) in [5, 5.41) is 13.6. The zero-order valence-electron chi connectivity index (χ0n) is 85.1. The fraction of sp³-hybridized carbons (Fsp3) is 0.630. The third kappa shape index (κ3) is 43.3. The predicted octanol–water partition coefficient (Wildman–Crippen LogP) is 5.01. The molecule has 804 valence electrons.